The van der Waals surface area contributed by atoms with Crippen LogP contribution in [0.5, 0.6) is 0 Å². The molecule has 1 aromatic rings. The minimum Gasteiger partial charge on any atom is -0.356 e. The molecule has 1 aromatic heterocycles. The molecule has 1 fully saturated rings. The minimum atomic E-state index is 0.502. The fourth-order valence-corrected chi connectivity index (χ4v) is 3.43. The summed E-state index contributed by atoms with van der Waals surface area (Å²) < 4.78 is 2.07. The lowest BCUT2D eigenvalue weighted by Gasteiger charge is -2.37. The van der Waals surface area contributed by atoms with Crippen molar-refractivity contribution in [3.8, 4) is 0 Å². The summed E-state index contributed by atoms with van der Waals surface area (Å²) in [5.41, 5.74) is 2.52. The number of hydrogen-bond donors (Lipinski definition) is 1. The molecule has 0 aromatic carbocycles. The van der Waals surface area contributed by atoms with E-state index in [1.807, 2.05) is 0 Å². The lowest BCUT2D eigenvalue weighted by Crippen LogP contribution is -2.40. The van der Waals surface area contributed by atoms with Crippen LogP contribution in [0.4, 0.5) is 5.82 Å². The van der Waals surface area contributed by atoms with E-state index in [9.17, 15) is 0 Å². The molecule has 1 aliphatic heterocycles. The molecule has 2 heterocycles. The van der Waals surface area contributed by atoms with Crippen LogP contribution in [0.3, 0.4) is 0 Å². The molecule has 1 saturated heterocycles. The summed E-state index contributed by atoms with van der Waals surface area (Å²) in [5.74, 6) is 2.84. The van der Waals surface area contributed by atoms with E-state index in [1.165, 1.54) is 17.8 Å². The van der Waals surface area contributed by atoms with Gasteiger partial charge in [0.15, 0.2) is 0 Å². The predicted octanol–water partition coefficient (Wildman–Crippen LogP) is 2.71. The predicted molar refractivity (Wildman–Crippen MR) is 85.1 cm³/mol. The van der Waals surface area contributed by atoms with Crippen molar-refractivity contribution in [3.05, 3.63) is 11.3 Å². The summed E-state index contributed by atoms with van der Waals surface area (Å²) in [6.45, 7) is 14.4. The molecule has 2 unspecified atom stereocenters. The van der Waals surface area contributed by atoms with Crippen LogP contribution in [0.2, 0.25) is 0 Å². The Hall–Kier alpha value is -1.03. The Morgan fingerprint density at radius 1 is 1.25 bits per heavy atom. The third-order valence-corrected chi connectivity index (χ3v) is 4.17. The quantitative estimate of drug-likeness (QED) is 0.919. The smallest absolute Gasteiger partial charge is 0.131 e. The van der Waals surface area contributed by atoms with E-state index in [-0.39, 0.29) is 0 Å². The van der Waals surface area contributed by atoms with Crippen molar-refractivity contribution in [3.63, 3.8) is 0 Å². The zero-order valence-electron chi connectivity index (χ0n) is 13.9. The van der Waals surface area contributed by atoms with E-state index in [4.69, 9.17) is 0 Å². The topological polar surface area (TPSA) is 33.1 Å². The molecule has 4 nitrogen and oxygen atoms in total. The first-order valence-electron chi connectivity index (χ1n) is 7.89. The molecule has 0 aliphatic carbocycles. The van der Waals surface area contributed by atoms with Gasteiger partial charge in [-0.1, -0.05) is 27.7 Å². The van der Waals surface area contributed by atoms with Gasteiger partial charge in [-0.15, -0.1) is 0 Å². The number of aryl methyl sites for hydroxylation is 2. The number of nitrogens with one attached hydrogen (secondary N) is 1. The van der Waals surface area contributed by atoms with Crippen LogP contribution in [0.15, 0.2) is 0 Å². The van der Waals surface area contributed by atoms with Gasteiger partial charge in [-0.2, -0.15) is 5.10 Å². The van der Waals surface area contributed by atoms with Crippen molar-refractivity contribution >= 4 is 5.82 Å². The molecule has 20 heavy (non-hydrogen) atoms. The fraction of sp³-hybridized carbons (Fsp3) is 0.812. The van der Waals surface area contributed by atoms with Crippen molar-refractivity contribution in [1.29, 1.82) is 0 Å². The Labute approximate surface area is 123 Å². The van der Waals surface area contributed by atoms with Crippen LogP contribution < -0.4 is 10.2 Å². The van der Waals surface area contributed by atoms with E-state index in [0.29, 0.717) is 6.04 Å². The molecule has 2 atom stereocenters. The maximum absolute atomic E-state index is 4.65. The molecule has 0 saturated carbocycles. The third-order valence-electron chi connectivity index (χ3n) is 4.17. The van der Waals surface area contributed by atoms with Gasteiger partial charge in [-0.3, -0.25) is 4.68 Å². The molecule has 1 aliphatic rings. The molecule has 0 bridgehead atoms. The van der Waals surface area contributed by atoms with Crippen molar-refractivity contribution in [1.82, 2.24) is 15.1 Å². The molecule has 0 radical (unpaired) electrons. The van der Waals surface area contributed by atoms with Gasteiger partial charge in [0.05, 0.1) is 5.69 Å². The monoisotopic (exact) mass is 278 g/mol. The maximum atomic E-state index is 4.65. The molecule has 0 amide bonds. The molecule has 114 valence electrons. The van der Waals surface area contributed by atoms with Gasteiger partial charge >= 0.3 is 0 Å². The Balaban J connectivity index is 2.25. The summed E-state index contributed by atoms with van der Waals surface area (Å²) in [5, 5.41) is 8.19. The highest BCUT2D eigenvalue weighted by Gasteiger charge is 2.26. The van der Waals surface area contributed by atoms with Gasteiger partial charge in [-0.05, 0) is 25.2 Å². The van der Waals surface area contributed by atoms with Crippen molar-refractivity contribution in [2.75, 3.05) is 18.0 Å². The SMILES string of the molecule is Cc1nn(C)c(N2CC(C)CC(C)C2)c1CNC(C)C. The lowest BCUT2D eigenvalue weighted by molar-refractivity contribution is 0.352. The number of rotatable bonds is 4. The Morgan fingerprint density at radius 3 is 2.40 bits per heavy atom. The van der Waals surface area contributed by atoms with Crippen LogP contribution in [0.1, 0.15) is 45.4 Å². The van der Waals surface area contributed by atoms with Gasteiger partial charge in [0.2, 0.25) is 0 Å². The first-order chi connectivity index (χ1) is 9.38. The lowest BCUT2D eigenvalue weighted by atomic mass is 9.91. The van der Waals surface area contributed by atoms with Crippen molar-refractivity contribution < 1.29 is 0 Å². The number of piperidine rings is 1. The van der Waals surface area contributed by atoms with E-state index < -0.39 is 0 Å². The molecule has 2 rings (SSSR count). The summed E-state index contributed by atoms with van der Waals surface area (Å²) in [6, 6.07) is 0.502. The number of hydrogen-bond acceptors (Lipinski definition) is 3. The Kier molecular flexibility index (Phi) is 4.74. The average molecular weight is 278 g/mol. The third kappa shape index (κ3) is 3.35. The zero-order valence-corrected chi connectivity index (χ0v) is 13.9. The van der Waals surface area contributed by atoms with Gasteiger partial charge in [0, 0.05) is 38.3 Å². The first kappa shape index (κ1) is 15.4. The van der Waals surface area contributed by atoms with Crippen LogP contribution >= 0.6 is 0 Å². The van der Waals surface area contributed by atoms with Gasteiger partial charge in [0.25, 0.3) is 0 Å². The van der Waals surface area contributed by atoms with Crippen molar-refractivity contribution in [2.45, 2.75) is 53.6 Å². The zero-order chi connectivity index (χ0) is 14.9. The largest absolute Gasteiger partial charge is 0.356 e. The summed E-state index contributed by atoms with van der Waals surface area (Å²) in [6.07, 6.45) is 1.34. The minimum absolute atomic E-state index is 0.502. The van der Waals surface area contributed by atoms with E-state index in [0.717, 1.165) is 37.2 Å². The van der Waals surface area contributed by atoms with E-state index in [2.05, 4.69) is 61.7 Å². The summed E-state index contributed by atoms with van der Waals surface area (Å²) in [4.78, 5) is 2.54. The highest BCUT2D eigenvalue weighted by Crippen LogP contribution is 2.30. The van der Waals surface area contributed by atoms with Gasteiger partial charge in [0.1, 0.15) is 5.82 Å². The second-order valence-corrected chi connectivity index (χ2v) is 6.90. The molecular formula is C16H30N4. The number of anilines is 1. The maximum Gasteiger partial charge on any atom is 0.131 e. The highest BCUT2D eigenvalue weighted by molar-refractivity contribution is 5.50. The normalized spacial score (nSPS) is 23.6. The molecular weight excluding hydrogens is 248 g/mol. The fourth-order valence-electron chi connectivity index (χ4n) is 3.43. The Bertz CT molecular complexity index is 440. The number of nitrogens with zero attached hydrogens (tertiary/aromatic N) is 3. The second kappa shape index (κ2) is 6.17. The second-order valence-electron chi connectivity index (χ2n) is 6.90. The van der Waals surface area contributed by atoms with Gasteiger partial charge < -0.3 is 10.2 Å². The van der Waals surface area contributed by atoms with Gasteiger partial charge in [-0.25, -0.2) is 0 Å². The van der Waals surface area contributed by atoms with E-state index >= 15 is 0 Å². The molecule has 4 heteroatoms. The van der Waals surface area contributed by atoms with Crippen LogP contribution in [-0.4, -0.2) is 28.9 Å². The summed E-state index contributed by atoms with van der Waals surface area (Å²) >= 11 is 0. The molecule has 0 spiro atoms. The average Bonchev–Trinajstić information content (AvgIpc) is 2.59. The summed E-state index contributed by atoms with van der Waals surface area (Å²) in [7, 11) is 2.07. The Morgan fingerprint density at radius 2 is 1.85 bits per heavy atom. The highest BCUT2D eigenvalue weighted by atomic mass is 15.4. The van der Waals surface area contributed by atoms with Crippen molar-refractivity contribution in [2.24, 2.45) is 18.9 Å². The molecule has 1 N–H and O–H groups in total. The van der Waals surface area contributed by atoms with E-state index in [1.54, 1.807) is 0 Å². The standard InChI is InChI=1S/C16H30N4/c1-11(2)17-8-15-14(5)18-19(6)16(15)20-9-12(3)7-13(4)10-20/h11-13,17H,7-10H2,1-6H3. The van der Waals surface area contributed by atoms with Crippen LogP contribution in [0, 0.1) is 18.8 Å². The first-order valence-corrected chi connectivity index (χ1v) is 7.89. The number of aromatic nitrogens is 2. The van der Waals surface area contributed by atoms with Crippen LogP contribution in [0.25, 0.3) is 0 Å². The van der Waals surface area contributed by atoms with Crippen LogP contribution in [-0.2, 0) is 13.6 Å².